The van der Waals surface area contributed by atoms with Crippen LogP contribution in [0.1, 0.15) is 23.6 Å². The van der Waals surface area contributed by atoms with E-state index in [0.29, 0.717) is 37.2 Å². The number of piperazine rings is 1. The topological polar surface area (TPSA) is 66.4 Å². The number of hydrogen-bond donors (Lipinski definition) is 0. The first kappa shape index (κ1) is 18.1. The van der Waals surface area contributed by atoms with Crippen LogP contribution in [0.2, 0.25) is 0 Å². The molecule has 1 aliphatic heterocycles. The van der Waals surface area contributed by atoms with Gasteiger partial charge in [0.05, 0.1) is 11.7 Å². The van der Waals surface area contributed by atoms with E-state index in [0.717, 1.165) is 35.7 Å². The number of sulfonamides is 1. The van der Waals surface area contributed by atoms with Gasteiger partial charge in [0, 0.05) is 32.2 Å². The van der Waals surface area contributed by atoms with Crippen LogP contribution in [0.25, 0.3) is 11.0 Å². The minimum atomic E-state index is -3.62. The van der Waals surface area contributed by atoms with E-state index in [1.54, 1.807) is 24.3 Å². The molecule has 0 bridgehead atoms. The molecule has 2 heterocycles. The second kappa shape index (κ2) is 6.84. The highest BCUT2D eigenvalue weighted by Gasteiger charge is 2.35. The molecule has 1 aliphatic carbocycles. The Morgan fingerprint density at radius 3 is 2.64 bits per heavy atom. The van der Waals surface area contributed by atoms with Crippen LogP contribution < -0.4 is 0 Å². The predicted octanol–water partition coefficient (Wildman–Crippen LogP) is 2.82. The third-order valence-corrected chi connectivity index (χ3v) is 8.24. The molecule has 0 saturated carbocycles. The van der Waals surface area contributed by atoms with E-state index in [2.05, 4.69) is 13.6 Å². The quantitative estimate of drug-likeness (QED) is 0.654. The fourth-order valence-corrected chi connectivity index (χ4v) is 6.53. The summed E-state index contributed by atoms with van der Waals surface area (Å²) in [5.41, 5.74) is 2.91. The Bertz CT molecular complexity index is 1140. The monoisotopic (exact) mass is 418 g/mol. The van der Waals surface area contributed by atoms with E-state index in [1.807, 2.05) is 6.07 Å². The summed E-state index contributed by atoms with van der Waals surface area (Å²) in [6.07, 6.45) is 1.62. The van der Waals surface area contributed by atoms with Gasteiger partial charge in [0.2, 0.25) is 10.0 Å². The van der Waals surface area contributed by atoms with Gasteiger partial charge in [0.1, 0.15) is 21.7 Å². The molecule has 5 rings (SSSR count). The SMILES string of the molecule is O=S(=O)(c1cccc2nsnc12)N1CCN([C@@H]2CCc3c(F)cccc32)CC1. The molecule has 2 aromatic carbocycles. The molecule has 1 saturated heterocycles. The first-order valence-corrected chi connectivity index (χ1v) is 11.5. The van der Waals surface area contributed by atoms with Gasteiger partial charge in [-0.3, -0.25) is 4.90 Å². The molecule has 28 heavy (non-hydrogen) atoms. The lowest BCUT2D eigenvalue weighted by Gasteiger charge is -2.37. The summed E-state index contributed by atoms with van der Waals surface area (Å²) in [5, 5.41) is 0. The zero-order chi connectivity index (χ0) is 19.3. The second-order valence-corrected chi connectivity index (χ2v) is 9.63. The fraction of sp³-hybridized carbons (Fsp3) is 0.368. The average molecular weight is 419 g/mol. The number of fused-ring (bicyclic) bond motifs is 2. The standard InChI is InChI=1S/C19H19FN4O2S2/c20-15-4-1-3-14-13(15)7-8-17(14)23-9-11-24(12-10-23)28(25,26)18-6-2-5-16-19(18)22-27-21-16/h1-6,17H,7-12H2/t17-/m1/s1. The normalized spacial score (nSPS) is 21.2. The zero-order valence-electron chi connectivity index (χ0n) is 15.1. The van der Waals surface area contributed by atoms with Crippen molar-refractivity contribution in [1.29, 1.82) is 0 Å². The van der Waals surface area contributed by atoms with Crippen LogP contribution in [0.15, 0.2) is 41.3 Å². The molecular formula is C19H19FN4O2S2. The van der Waals surface area contributed by atoms with E-state index < -0.39 is 10.0 Å². The van der Waals surface area contributed by atoms with Gasteiger partial charge in [0.15, 0.2) is 0 Å². The molecule has 6 nitrogen and oxygen atoms in total. The van der Waals surface area contributed by atoms with E-state index in [1.165, 1.54) is 10.4 Å². The van der Waals surface area contributed by atoms with Crippen molar-refractivity contribution in [2.24, 2.45) is 0 Å². The summed E-state index contributed by atoms with van der Waals surface area (Å²) in [5.74, 6) is -0.133. The van der Waals surface area contributed by atoms with Gasteiger partial charge in [-0.1, -0.05) is 18.2 Å². The molecule has 0 N–H and O–H groups in total. The van der Waals surface area contributed by atoms with Crippen LogP contribution in [0.4, 0.5) is 4.39 Å². The fourth-order valence-electron chi connectivity index (χ4n) is 4.35. The number of rotatable bonds is 3. The maximum atomic E-state index is 14.0. The van der Waals surface area contributed by atoms with E-state index in [9.17, 15) is 12.8 Å². The molecule has 9 heteroatoms. The molecule has 3 aromatic rings. The highest BCUT2D eigenvalue weighted by molar-refractivity contribution is 7.89. The average Bonchev–Trinajstić information content (AvgIpc) is 3.35. The van der Waals surface area contributed by atoms with Gasteiger partial charge in [-0.2, -0.15) is 13.1 Å². The van der Waals surface area contributed by atoms with Crippen molar-refractivity contribution in [3.8, 4) is 0 Å². The van der Waals surface area contributed by atoms with Crippen molar-refractivity contribution >= 4 is 32.8 Å². The number of benzene rings is 2. The van der Waals surface area contributed by atoms with Crippen LogP contribution in [0.3, 0.4) is 0 Å². The molecule has 2 aliphatic rings. The molecule has 1 fully saturated rings. The summed E-state index contributed by atoms with van der Waals surface area (Å²) < 4.78 is 50.2. The molecule has 0 radical (unpaired) electrons. The first-order chi connectivity index (χ1) is 13.6. The lowest BCUT2D eigenvalue weighted by Crippen LogP contribution is -2.49. The van der Waals surface area contributed by atoms with Gasteiger partial charge in [-0.15, -0.1) is 0 Å². The molecule has 1 atom stereocenters. The first-order valence-electron chi connectivity index (χ1n) is 9.28. The largest absolute Gasteiger partial charge is 0.294 e. The van der Waals surface area contributed by atoms with Crippen molar-refractivity contribution in [3.05, 3.63) is 53.3 Å². The van der Waals surface area contributed by atoms with Crippen molar-refractivity contribution < 1.29 is 12.8 Å². The maximum absolute atomic E-state index is 14.0. The number of hydrogen-bond acceptors (Lipinski definition) is 6. The lowest BCUT2D eigenvalue weighted by atomic mass is 10.1. The van der Waals surface area contributed by atoms with Crippen molar-refractivity contribution in [2.45, 2.75) is 23.8 Å². The predicted molar refractivity (Wildman–Crippen MR) is 105 cm³/mol. The second-order valence-electron chi connectivity index (χ2n) is 7.19. The van der Waals surface area contributed by atoms with Crippen LogP contribution in [-0.4, -0.2) is 52.5 Å². The minimum Gasteiger partial charge on any atom is -0.294 e. The van der Waals surface area contributed by atoms with Crippen molar-refractivity contribution in [1.82, 2.24) is 18.0 Å². The highest BCUT2D eigenvalue weighted by Crippen LogP contribution is 2.37. The Labute approximate surface area is 167 Å². The zero-order valence-corrected chi connectivity index (χ0v) is 16.7. The molecule has 146 valence electrons. The minimum absolute atomic E-state index is 0.133. The Kier molecular flexibility index (Phi) is 4.42. The third-order valence-electron chi connectivity index (χ3n) is 5.76. The Hall–Kier alpha value is -1.94. The van der Waals surface area contributed by atoms with Crippen LogP contribution in [0, 0.1) is 5.82 Å². The smallest absolute Gasteiger partial charge is 0.245 e. The molecular weight excluding hydrogens is 399 g/mol. The summed E-state index contributed by atoms with van der Waals surface area (Å²) in [4.78, 5) is 2.50. The molecule has 0 unspecified atom stereocenters. The van der Waals surface area contributed by atoms with Gasteiger partial charge in [-0.25, -0.2) is 12.8 Å². The molecule has 0 amide bonds. The maximum Gasteiger partial charge on any atom is 0.245 e. The van der Waals surface area contributed by atoms with Crippen molar-refractivity contribution in [2.75, 3.05) is 26.2 Å². The molecule has 0 spiro atoms. The van der Waals surface area contributed by atoms with E-state index in [4.69, 9.17) is 0 Å². The van der Waals surface area contributed by atoms with Crippen molar-refractivity contribution in [3.63, 3.8) is 0 Å². The number of nitrogens with zero attached hydrogens (tertiary/aromatic N) is 4. The summed E-state index contributed by atoms with van der Waals surface area (Å²) in [6.45, 7) is 2.09. The Morgan fingerprint density at radius 2 is 1.82 bits per heavy atom. The van der Waals surface area contributed by atoms with Crippen LogP contribution >= 0.6 is 11.7 Å². The number of halogens is 1. The number of aromatic nitrogens is 2. The summed E-state index contributed by atoms with van der Waals surface area (Å²) in [7, 11) is -3.62. The van der Waals surface area contributed by atoms with E-state index >= 15 is 0 Å². The van der Waals surface area contributed by atoms with Gasteiger partial charge in [0.25, 0.3) is 0 Å². The van der Waals surface area contributed by atoms with Gasteiger partial charge >= 0.3 is 0 Å². The van der Waals surface area contributed by atoms with Crippen LogP contribution in [0.5, 0.6) is 0 Å². The Balaban J connectivity index is 1.36. The van der Waals surface area contributed by atoms with Gasteiger partial charge < -0.3 is 0 Å². The molecule has 1 aromatic heterocycles. The highest BCUT2D eigenvalue weighted by atomic mass is 32.2. The van der Waals surface area contributed by atoms with E-state index in [-0.39, 0.29) is 16.8 Å². The summed E-state index contributed by atoms with van der Waals surface area (Å²) >= 11 is 1.02. The van der Waals surface area contributed by atoms with Gasteiger partial charge in [-0.05, 0) is 42.2 Å². The Morgan fingerprint density at radius 1 is 1.04 bits per heavy atom. The summed E-state index contributed by atoms with van der Waals surface area (Å²) in [6, 6.07) is 10.5. The lowest BCUT2D eigenvalue weighted by molar-refractivity contribution is 0.137. The third kappa shape index (κ3) is 2.85. The van der Waals surface area contributed by atoms with Crippen LogP contribution in [-0.2, 0) is 16.4 Å².